The van der Waals surface area contributed by atoms with Crippen LogP contribution in [0.25, 0.3) is 11.0 Å². The van der Waals surface area contributed by atoms with Gasteiger partial charge in [0, 0.05) is 76.5 Å². The molecule has 2 fully saturated rings. The van der Waals surface area contributed by atoms with Gasteiger partial charge in [-0.05, 0) is 51.9 Å². The summed E-state index contributed by atoms with van der Waals surface area (Å²) in [4.78, 5) is 20.0. The minimum absolute atomic E-state index is 0.0207. The molecule has 0 radical (unpaired) electrons. The van der Waals surface area contributed by atoms with Crippen LogP contribution in [-0.2, 0) is 16.9 Å². The number of nitrogens with one attached hydrogen (secondary N) is 3. The summed E-state index contributed by atoms with van der Waals surface area (Å²) in [6.07, 6.45) is 5.72. The van der Waals surface area contributed by atoms with E-state index < -0.39 is 15.1 Å². The molecule has 14 heteroatoms. The molecule has 0 aliphatic carbocycles. The van der Waals surface area contributed by atoms with Gasteiger partial charge >= 0.3 is 0 Å². The number of aryl methyl sites for hydroxylation is 1. The minimum Gasteiger partial charge on any atom is -0.494 e. The molecule has 5 heterocycles. The second kappa shape index (κ2) is 12.3. The van der Waals surface area contributed by atoms with Crippen LogP contribution in [0.2, 0.25) is 0 Å². The van der Waals surface area contributed by atoms with Gasteiger partial charge < -0.3 is 30.2 Å². The van der Waals surface area contributed by atoms with E-state index in [1.165, 1.54) is 4.68 Å². The Morgan fingerprint density at radius 1 is 0.977 bits per heavy atom. The second-order valence-electron chi connectivity index (χ2n) is 11.9. The van der Waals surface area contributed by atoms with Gasteiger partial charge in [-0.1, -0.05) is 0 Å². The fourth-order valence-electron chi connectivity index (χ4n) is 5.98. The van der Waals surface area contributed by atoms with Crippen LogP contribution in [0.4, 0.5) is 28.8 Å². The molecule has 2 aliphatic rings. The van der Waals surface area contributed by atoms with E-state index in [2.05, 4.69) is 59.6 Å². The average molecular weight is 623 g/mol. The molecule has 6 rings (SSSR count). The van der Waals surface area contributed by atoms with Gasteiger partial charge in [0.05, 0.1) is 29.3 Å². The number of hydrogen-bond acceptors (Lipinski definition) is 11. The van der Waals surface area contributed by atoms with Crippen molar-refractivity contribution in [3.05, 3.63) is 36.7 Å². The van der Waals surface area contributed by atoms with Gasteiger partial charge in [0.2, 0.25) is 20.8 Å². The molecular formula is C30H42N10O3S. The van der Waals surface area contributed by atoms with Gasteiger partial charge in [-0.2, -0.15) is 10.1 Å². The maximum absolute atomic E-state index is 13.0. The van der Waals surface area contributed by atoms with E-state index in [4.69, 9.17) is 9.72 Å². The summed E-state index contributed by atoms with van der Waals surface area (Å²) < 4.78 is 33.3. The van der Waals surface area contributed by atoms with Gasteiger partial charge in [-0.15, -0.1) is 0 Å². The highest BCUT2D eigenvalue weighted by molar-refractivity contribution is 7.92. The number of aromatic amines is 1. The van der Waals surface area contributed by atoms with Crippen LogP contribution in [0.15, 0.2) is 41.7 Å². The van der Waals surface area contributed by atoms with Crippen molar-refractivity contribution in [3.8, 4) is 5.75 Å². The van der Waals surface area contributed by atoms with Gasteiger partial charge in [-0.3, -0.25) is 9.58 Å². The largest absolute Gasteiger partial charge is 0.494 e. The summed E-state index contributed by atoms with van der Waals surface area (Å²) in [5.74, 6) is 1.46. The Bertz CT molecular complexity index is 1720. The minimum atomic E-state index is -3.63. The monoisotopic (exact) mass is 622 g/mol. The number of benzene rings is 1. The standard InChI is InChI=1S/C30H42N10O3S/c1-20(2)44(41,42)29-25(19-38(4)36-29)32-28-27-24(8-11-31-27)34-30(35-28)33-23-7-6-22(18-26(23)43-5)39-12-9-21(10-13-39)40-16-14-37(3)15-17-40/h6-8,11,18-21,31H,9-10,12-17H2,1-5H3,(H2,32,33,34,35). The van der Waals surface area contributed by atoms with E-state index in [1.807, 2.05) is 12.1 Å². The third kappa shape index (κ3) is 6.06. The molecule has 3 N–H and O–H groups in total. The van der Waals surface area contributed by atoms with Crippen LogP contribution in [0.5, 0.6) is 5.75 Å². The van der Waals surface area contributed by atoms with Gasteiger partial charge in [0.25, 0.3) is 0 Å². The third-order valence-corrected chi connectivity index (χ3v) is 10.7. The molecule has 0 unspecified atom stereocenters. The first-order valence-electron chi connectivity index (χ1n) is 15.1. The molecule has 2 saturated heterocycles. The van der Waals surface area contributed by atoms with Crippen molar-refractivity contribution in [1.82, 2.24) is 34.5 Å². The number of anilines is 5. The number of nitrogens with zero attached hydrogens (tertiary/aromatic N) is 7. The number of likely N-dealkylation sites (N-methyl/N-ethyl adjacent to an activating group) is 1. The number of piperazine rings is 1. The number of rotatable bonds is 9. The SMILES string of the molecule is COc1cc(N2CCC(N3CCN(C)CC3)CC2)ccc1Nc1nc(Nc2cn(C)nc2S(=O)(=O)C(C)C)c2[nH]ccc2n1. The van der Waals surface area contributed by atoms with Gasteiger partial charge in [0.15, 0.2) is 5.82 Å². The molecule has 3 aromatic heterocycles. The molecule has 0 bridgehead atoms. The van der Waals surface area contributed by atoms with Gasteiger partial charge in [-0.25, -0.2) is 13.4 Å². The van der Waals surface area contributed by atoms with E-state index >= 15 is 0 Å². The van der Waals surface area contributed by atoms with Crippen LogP contribution in [0.1, 0.15) is 26.7 Å². The molecule has 0 amide bonds. The Morgan fingerprint density at radius 3 is 2.43 bits per heavy atom. The summed E-state index contributed by atoms with van der Waals surface area (Å²) in [6, 6.07) is 8.65. The second-order valence-corrected chi connectivity index (χ2v) is 14.4. The summed E-state index contributed by atoms with van der Waals surface area (Å²) in [5.41, 5.74) is 3.52. The number of H-pyrrole nitrogens is 1. The Labute approximate surface area is 258 Å². The van der Waals surface area contributed by atoms with Crippen molar-refractivity contribution in [2.24, 2.45) is 7.05 Å². The highest BCUT2D eigenvalue weighted by Crippen LogP contribution is 2.35. The first-order valence-corrected chi connectivity index (χ1v) is 16.7. The number of aromatic nitrogens is 5. The average Bonchev–Trinajstić information content (AvgIpc) is 3.64. The lowest BCUT2D eigenvalue weighted by molar-refractivity contribution is 0.0982. The van der Waals surface area contributed by atoms with Crippen LogP contribution in [-0.4, -0.2) is 108 Å². The Kier molecular flexibility index (Phi) is 8.40. The van der Waals surface area contributed by atoms with Crippen molar-refractivity contribution >= 4 is 49.7 Å². The maximum atomic E-state index is 13.0. The van der Waals surface area contributed by atoms with Crippen LogP contribution in [0.3, 0.4) is 0 Å². The predicted molar refractivity (Wildman–Crippen MR) is 173 cm³/mol. The molecule has 4 aromatic rings. The number of ether oxygens (including phenoxy) is 1. The zero-order chi connectivity index (χ0) is 31.0. The summed E-state index contributed by atoms with van der Waals surface area (Å²) in [5, 5.41) is 10.1. The summed E-state index contributed by atoms with van der Waals surface area (Å²) >= 11 is 0. The molecule has 0 spiro atoms. The first-order chi connectivity index (χ1) is 21.1. The van der Waals surface area contributed by atoms with E-state index in [1.54, 1.807) is 40.4 Å². The molecular weight excluding hydrogens is 580 g/mol. The lowest BCUT2D eigenvalue weighted by Crippen LogP contribution is -2.52. The number of methoxy groups -OCH3 is 1. The van der Waals surface area contributed by atoms with E-state index in [9.17, 15) is 8.42 Å². The highest BCUT2D eigenvalue weighted by atomic mass is 32.2. The van der Waals surface area contributed by atoms with Crippen molar-refractivity contribution < 1.29 is 13.2 Å². The Hall–Kier alpha value is -3.88. The van der Waals surface area contributed by atoms with Crippen LogP contribution >= 0.6 is 0 Å². The fourth-order valence-corrected chi connectivity index (χ4v) is 7.08. The molecule has 236 valence electrons. The zero-order valence-corrected chi connectivity index (χ0v) is 26.9. The zero-order valence-electron chi connectivity index (χ0n) is 26.0. The quantitative estimate of drug-likeness (QED) is 0.253. The van der Waals surface area contributed by atoms with Crippen molar-refractivity contribution in [2.75, 3.05) is 69.0 Å². The lowest BCUT2D eigenvalue weighted by atomic mass is 10.0. The molecule has 0 saturated carbocycles. The molecule has 2 aliphatic heterocycles. The number of piperidine rings is 1. The molecule has 44 heavy (non-hydrogen) atoms. The number of sulfone groups is 1. The van der Waals surface area contributed by atoms with Crippen molar-refractivity contribution in [1.29, 1.82) is 0 Å². The molecule has 1 aromatic carbocycles. The predicted octanol–water partition coefficient (Wildman–Crippen LogP) is 3.59. The van der Waals surface area contributed by atoms with Crippen molar-refractivity contribution in [3.63, 3.8) is 0 Å². The lowest BCUT2D eigenvalue weighted by Gasteiger charge is -2.42. The van der Waals surface area contributed by atoms with E-state index in [-0.39, 0.29) is 5.03 Å². The Balaban J connectivity index is 1.20. The number of hydrogen-bond donors (Lipinski definition) is 3. The van der Waals surface area contributed by atoms with E-state index in [0.717, 1.165) is 63.5 Å². The molecule has 0 atom stereocenters. The third-order valence-electron chi connectivity index (χ3n) is 8.66. The normalized spacial score (nSPS) is 17.5. The summed E-state index contributed by atoms with van der Waals surface area (Å²) in [6.45, 7) is 9.91. The van der Waals surface area contributed by atoms with Gasteiger partial charge in [0.1, 0.15) is 11.3 Å². The molecule has 13 nitrogen and oxygen atoms in total. The maximum Gasteiger partial charge on any atom is 0.229 e. The highest BCUT2D eigenvalue weighted by Gasteiger charge is 2.28. The Morgan fingerprint density at radius 2 is 1.73 bits per heavy atom. The van der Waals surface area contributed by atoms with Crippen LogP contribution in [0, 0.1) is 0 Å². The summed E-state index contributed by atoms with van der Waals surface area (Å²) in [7, 11) is 1.92. The first kappa shape index (κ1) is 30.2. The van der Waals surface area contributed by atoms with Crippen molar-refractivity contribution in [2.45, 2.75) is 43.0 Å². The fraction of sp³-hybridized carbons (Fsp3) is 0.500. The smallest absolute Gasteiger partial charge is 0.229 e. The number of fused-ring (bicyclic) bond motifs is 1. The van der Waals surface area contributed by atoms with Crippen LogP contribution < -0.4 is 20.3 Å². The topological polar surface area (TPSA) is 137 Å². The van der Waals surface area contributed by atoms with E-state index in [0.29, 0.717) is 40.3 Å².